The minimum Gasteiger partial charge on any atom is -0.382 e. The molecule has 0 atom stereocenters. The van der Waals surface area contributed by atoms with Gasteiger partial charge in [0, 0.05) is 6.54 Å². The molecular weight excluding hydrogens is 437 g/mol. The zero-order valence-electron chi connectivity index (χ0n) is 18.5. The summed E-state index contributed by atoms with van der Waals surface area (Å²) in [6.07, 6.45) is 2.28. The molecule has 0 bridgehead atoms. The molecule has 34 heavy (non-hydrogen) atoms. The molecule has 10 heteroatoms. The Morgan fingerprint density at radius 1 is 1.24 bits per heavy atom. The van der Waals surface area contributed by atoms with Crippen molar-refractivity contribution in [2.45, 2.75) is 26.3 Å². The first-order chi connectivity index (χ1) is 16.4. The van der Waals surface area contributed by atoms with Crippen LogP contribution in [0.3, 0.4) is 0 Å². The lowest BCUT2D eigenvalue weighted by molar-refractivity contribution is -0.121. The number of anilines is 1. The number of halogens is 1. The van der Waals surface area contributed by atoms with Gasteiger partial charge >= 0.3 is 0 Å². The van der Waals surface area contributed by atoms with Crippen LogP contribution in [0.25, 0.3) is 16.6 Å². The lowest BCUT2D eigenvalue weighted by Gasteiger charge is -2.08. The number of nitriles is 1. The number of nitrogen functional groups attached to an aromatic ring is 1. The predicted molar refractivity (Wildman–Crippen MR) is 125 cm³/mol. The van der Waals surface area contributed by atoms with E-state index in [0.29, 0.717) is 41.7 Å². The number of rotatable bonds is 7. The summed E-state index contributed by atoms with van der Waals surface area (Å²) in [5.41, 5.74) is 8.59. The molecule has 0 unspecified atom stereocenters. The highest BCUT2D eigenvalue weighted by Crippen LogP contribution is 2.21. The number of fused-ring (bicyclic) bond motifs is 1. The second kappa shape index (κ2) is 9.54. The summed E-state index contributed by atoms with van der Waals surface area (Å²) in [5.74, 6) is -0.540. The molecule has 4 aromatic rings. The maximum absolute atomic E-state index is 13.2. The van der Waals surface area contributed by atoms with Crippen LogP contribution >= 0.6 is 0 Å². The SMILES string of the molecule is Cc1cccc2c(=O)n(CC(=O)NCCCc3nn(-c4ccc(F)cc4)c(N)c3C#N)cnc12. The van der Waals surface area contributed by atoms with Gasteiger partial charge in [0.2, 0.25) is 5.91 Å². The summed E-state index contributed by atoms with van der Waals surface area (Å²) in [7, 11) is 0. The molecule has 0 aliphatic heterocycles. The van der Waals surface area contributed by atoms with E-state index < -0.39 is 0 Å². The van der Waals surface area contributed by atoms with Crippen molar-refractivity contribution < 1.29 is 9.18 Å². The highest BCUT2D eigenvalue weighted by molar-refractivity contribution is 5.81. The molecule has 9 nitrogen and oxygen atoms in total. The number of amides is 1. The van der Waals surface area contributed by atoms with E-state index >= 15 is 0 Å². The van der Waals surface area contributed by atoms with E-state index in [2.05, 4.69) is 21.5 Å². The average molecular weight is 459 g/mol. The number of hydrogen-bond donors (Lipinski definition) is 2. The van der Waals surface area contributed by atoms with Gasteiger partial charge in [-0.25, -0.2) is 14.1 Å². The minimum atomic E-state index is -0.386. The van der Waals surface area contributed by atoms with Gasteiger partial charge in [-0.2, -0.15) is 10.4 Å². The summed E-state index contributed by atoms with van der Waals surface area (Å²) in [6, 6.07) is 13.0. The van der Waals surface area contributed by atoms with Gasteiger partial charge < -0.3 is 11.1 Å². The molecule has 2 aromatic carbocycles. The lowest BCUT2D eigenvalue weighted by atomic mass is 10.1. The topological polar surface area (TPSA) is 132 Å². The maximum Gasteiger partial charge on any atom is 0.261 e. The molecule has 1 amide bonds. The fourth-order valence-electron chi connectivity index (χ4n) is 3.70. The van der Waals surface area contributed by atoms with E-state index in [0.717, 1.165) is 5.56 Å². The normalized spacial score (nSPS) is 10.9. The zero-order chi connectivity index (χ0) is 24.2. The summed E-state index contributed by atoms with van der Waals surface area (Å²) < 4.78 is 15.9. The second-order valence-corrected chi connectivity index (χ2v) is 7.81. The van der Waals surface area contributed by atoms with Gasteiger partial charge in [-0.1, -0.05) is 12.1 Å². The van der Waals surface area contributed by atoms with Crippen LogP contribution < -0.4 is 16.6 Å². The zero-order valence-corrected chi connectivity index (χ0v) is 18.5. The van der Waals surface area contributed by atoms with Crippen molar-refractivity contribution in [3.8, 4) is 11.8 Å². The Balaban J connectivity index is 1.37. The molecule has 0 aliphatic rings. The van der Waals surface area contributed by atoms with Crippen molar-refractivity contribution in [3.63, 3.8) is 0 Å². The van der Waals surface area contributed by atoms with Gasteiger partial charge in [0.1, 0.15) is 29.8 Å². The van der Waals surface area contributed by atoms with Gasteiger partial charge in [0.15, 0.2) is 0 Å². The summed E-state index contributed by atoms with van der Waals surface area (Å²) >= 11 is 0. The van der Waals surface area contributed by atoms with Crippen LogP contribution in [0.5, 0.6) is 0 Å². The molecule has 172 valence electrons. The molecular formula is C24H22FN7O2. The number of carbonyl (C=O) groups excluding carboxylic acids is 1. The Kier molecular flexibility index (Phi) is 6.36. The molecule has 4 rings (SSSR count). The monoisotopic (exact) mass is 459 g/mol. The third kappa shape index (κ3) is 4.49. The van der Waals surface area contributed by atoms with Crippen LogP contribution in [0.2, 0.25) is 0 Å². The standard InChI is InChI=1S/C24H22FN7O2/c1-15-4-2-5-18-22(15)29-14-31(24(18)34)13-21(33)28-11-3-6-20-19(12-26)23(27)32(30-20)17-9-7-16(25)8-10-17/h2,4-5,7-10,14H,3,6,11,13,27H2,1H3,(H,28,33). The summed E-state index contributed by atoms with van der Waals surface area (Å²) in [5, 5.41) is 17.1. The number of aryl methyl sites for hydroxylation is 2. The van der Waals surface area contributed by atoms with E-state index in [1.165, 1.54) is 39.8 Å². The van der Waals surface area contributed by atoms with Crippen molar-refractivity contribution in [2.24, 2.45) is 0 Å². The number of nitrogens with one attached hydrogen (secondary N) is 1. The Labute approximate surface area is 194 Å². The van der Waals surface area contributed by atoms with Crippen LogP contribution in [-0.4, -0.2) is 31.8 Å². The number of hydrogen-bond acceptors (Lipinski definition) is 6. The molecule has 0 spiro atoms. The van der Waals surface area contributed by atoms with E-state index in [4.69, 9.17) is 5.73 Å². The fourth-order valence-corrected chi connectivity index (χ4v) is 3.70. The van der Waals surface area contributed by atoms with Crippen LogP contribution in [0, 0.1) is 24.1 Å². The third-order valence-electron chi connectivity index (χ3n) is 5.46. The lowest BCUT2D eigenvalue weighted by Crippen LogP contribution is -2.33. The number of para-hydroxylation sites is 1. The molecule has 3 N–H and O–H groups in total. The van der Waals surface area contributed by atoms with Gasteiger partial charge in [-0.15, -0.1) is 0 Å². The first kappa shape index (κ1) is 22.7. The van der Waals surface area contributed by atoms with Crippen molar-refractivity contribution in [3.05, 3.63) is 81.8 Å². The molecule has 0 saturated carbocycles. The quantitative estimate of drug-likeness (QED) is 0.408. The smallest absolute Gasteiger partial charge is 0.261 e. The molecule has 0 radical (unpaired) electrons. The van der Waals surface area contributed by atoms with Crippen LogP contribution in [0.4, 0.5) is 10.2 Å². The van der Waals surface area contributed by atoms with E-state index in [1.807, 2.05) is 13.0 Å². The molecule has 2 heterocycles. The van der Waals surface area contributed by atoms with E-state index in [9.17, 15) is 19.2 Å². The average Bonchev–Trinajstić information content (AvgIpc) is 3.14. The first-order valence-corrected chi connectivity index (χ1v) is 10.6. The van der Waals surface area contributed by atoms with Crippen molar-refractivity contribution in [1.29, 1.82) is 5.26 Å². The number of nitrogens with two attached hydrogens (primary N) is 1. The number of carbonyl (C=O) groups is 1. The first-order valence-electron chi connectivity index (χ1n) is 10.6. The number of aromatic nitrogens is 4. The Morgan fingerprint density at radius 2 is 2.00 bits per heavy atom. The Bertz CT molecular complexity index is 1470. The summed E-state index contributed by atoms with van der Waals surface area (Å²) in [4.78, 5) is 29.3. The number of benzene rings is 2. The van der Waals surface area contributed by atoms with Gasteiger partial charge in [0.25, 0.3) is 5.56 Å². The van der Waals surface area contributed by atoms with Crippen molar-refractivity contribution in [2.75, 3.05) is 12.3 Å². The van der Waals surface area contributed by atoms with Gasteiger partial charge in [-0.05, 0) is 55.7 Å². The van der Waals surface area contributed by atoms with E-state index in [1.54, 1.807) is 12.1 Å². The Hall–Kier alpha value is -4.52. The van der Waals surface area contributed by atoms with Crippen molar-refractivity contribution >= 4 is 22.6 Å². The van der Waals surface area contributed by atoms with Crippen LogP contribution in [0.1, 0.15) is 23.2 Å². The molecule has 2 aromatic heterocycles. The van der Waals surface area contributed by atoms with E-state index in [-0.39, 0.29) is 35.2 Å². The minimum absolute atomic E-state index is 0.148. The number of nitrogens with zero attached hydrogens (tertiary/aromatic N) is 5. The largest absolute Gasteiger partial charge is 0.382 e. The third-order valence-corrected chi connectivity index (χ3v) is 5.46. The Morgan fingerprint density at radius 3 is 2.74 bits per heavy atom. The fraction of sp³-hybridized carbons (Fsp3) is 0.208. The molecule has 0 aliphatic carbocycles. The highest BCUT2D eigenvalue weighted by atomic mass is 19.1. The molecule has 0 fully saturated rings. The van der Waals surface area contributed by atoms with Crippen LogP contribution in [-0.2, 0) is 17.8 Å². The molecule has 0 saturated heterocycles. The predicted octanol–water partition coefficient (Wildman–Crippen LogP) is 2.23. The van der Waals surface area contributed by atoms with Crippen molar-refractivity contribution in [1.82, 2.24) is 24.6 Å². The summed E-state index contributed by atoms with van der Waals surface area (Å²) in [6.45, 7) is 2.05. The highest BCUT2D eigenvalue weighted by Gasteiger charge is 2.16. The maximum atomic E-state index is 13.2. The second-order valence-electron chi connectivity index (χ2n) is 7.81. The van der Waals surface area contributed by atoms with Gasteiger partial charge in [-0.3, -0.25) is 14.2 Å². The van der Waals surface area contributed by atoms with Gasteiger partial charge in [0.05, 0.1) is 28.6 Å². The van der Waals surface area contributed by atoms with Crippen LogP contribution in [0.15, 0.2) is 53.6 Å².